The van der Waals surface area contributed by atoms with Gasteiger partial charge in [0.15, 0.2) is 0 Å². The Balaban J connectivity index is 1.94. The molecule has 0 spiro atoms. The molecule has 0 aromatic rings. The van der Waals surface area contributed by atoms with E-state index in [1.807, 2.05) is 0 Å². The van der Waals surface area contributed by atoms with Crippen LogP contribution in [-0.4, -0.2) is 24.8 Å². The van der Waals surface area contributed by atoms with Gasteiger partial charge in [-0.3, -0.25) is 0 Å². The fourth-order valence-corrected chi connectivity index (χ4v) is 3.82. The highest BCUT2D eigenvalue weighted by Gasteiger charge is 2.35. The molecule has 0 aromatic heterocycles. The minimum atomic E-state index is 0.474. The van der Waals surface area contributed by atoms with Crippen molar-refractivity contribution < 1.29 is 4.74 Å². The van der Waals surface area contributed by atoms with E-state index in [4.69, 9.17) is 4.74 Å². The van der Waals surface area contributed by atoms with E-state index in [1.165, 1.54) is 44.9 Å². The van der Waals surface area contributed by atoms with E-state index in [9.17, 15) is 0 Å². The van der Waals surface area contributed by atoms with Crippen molar-refractivity contribution in [2.24, 2.45) is 11.8 Å². The lowest BCUT2D eigenvalue weighted by Gasteiger charge is -2.37. The quantitative estimate of drug-likeness (QED) is 0.805. The van der Waals surface area contributed by atoms with Crippen LogP contribution in [-0.2, 0) is 4.74 Å². The van der Waals surface area contributed by atoms with Crippen molar-refractivity contribution in [3.8, 4) is 0 Å². The summed E-state index contributed by atoms with van der Waals surface area (Å²) in [5.41, 5.74) is 0. The summed E-state index contributed by atoms with van der Waals surface area (Å²) >= 11 is 0. The van der Waals surface area contributed by atoms with E-state index in [-0.39, 0.29) is 0 Å². The van der Waals surface area contributed by atoms with Crippen molar-refractivity contribution >= 4 is 0 Å². The molecule has 1 saturated heterocycles. The van der Waals surface area contributed by atoms with Crippen LogP contribution in [0, 0.1) is 11.8 Å². The van der Waals surface area contributed by atoms with Gasteiger partial charge in [0.25, 0.3) is 0 Å². The second kappa shape index (κ2) is 6.91. The standard InChI is InChI=1S/C16H31NO/c1-4-10-17-16(15-9-8-13(3)18-15)14-7-5-6-12(2)11-14/h12-17H,4-11H2,1-3H3. The maximum absolute atomic E-state index is 6.15. The minimum Gasteiger partial charge on any atom is -0.374 e. The fourth-order valence-electron chi connectivity index (χ4n) is 3.82. The van der Waals surface area contributed by atoms with Crippen LogP contribution in [0.25, 0.3) is 0 Å². The lowest BCUT2D eigenvalue weighted by Crippen LogP contribution is -2.47. The molecule has 1 heterocycles. The zero-order chi connectivity index (χ0) is 13.0. The van der Waals surface area contributed by atoms with E-state index in [0.29, 0.717) is 18.2 Å². The third-order valence-electron chi connectivity index (χ3n) is 4.78. The highest BCUT2D eigenvalue weighted by molar-refractivity contribution is 4.90. The molecule has 0 amide bonds. The average molecular weight is 253 g/mol. The van der Waals surface area contributed by atoms with Crippen molar-refractivity contribution in [1.29, 1.82) is 0 Å². The molecule has 1 saturated carbocycles. The van der Waals surface area contributed by atoms with Crippen LogP contribution >= 0.6 is 0 Å². The zero-order valence-corrected chi connectivity index (χ0v) is 12.5. The van der Waals surface area contributed by atoms with Crippen LogP contribution in [0.2, 0.25) is 0 Å². The van der Waals surface area contributed by atoms with Gasteiger partial charge in [-0.1, -0.05) is 26.7 Å². The molecular weight excluding hydrogens is 222 g/mol. The van der Waals surface area contributed by atoms with Gasteiger partial charge in [0.05, 0.1) is 12.2 Å². The Morgan fingerprint density at radius 3 is 2.61 bits per heavy atom. The van der Waals surface area contributed by atoms with Gasteiger partial charge in [0.2, 0.25) is 0 Å². The summed E-state index contributed by atoms with van der Waals surface area (Å²) in [6.07, 6.45) is 10.3. The smallest absolute Gasteiger partial charge is 0.0735 e. The topological polar surface area (TPSA) is 21.3 Å². The predicted molar refractivity (Wildman–Crippen MR) is 76.8 cm³/mol. The van der Waals surface area contributed by atoms with Crippen LogP contribution in [0.3, 0.4) is 0 Å². The first-order valence-electron chi connectivity index (χ1n) is 8.09. The fraction of sp³-hybridized carbons (Fsp3) is 1.00. The summed E-state index contributed by atoms with van der Waals surface area (Å²) in [5.74, 6) is 1.75. The lowest BCUT2D eigenvalue weighted by molar-refractivity contribution is 0.00897. The first-order valence-corrected chi connectivity index (χ1v) is 8.09. The Morgan fingerprint density at radius 2 is 2.00 bits per heavy atom. The van der Waals surface area contributed by atoms with Crippen LogP contribution in [0.5, 0.6) is 0 Å². The van der Waals surface area contributed by atoms with Crippen LogP contribution in [0.15, 0.2) is 0 Å². The molecular formula is C16H31NO. The second-order valence-electron chi connectivity index (χ2n) is 6.57. The van der Waals surface area contributed by atoms with Gasteiger partial charge in [-0.2, -0.15) is 0 Å². The maximum atomic E-state index is 6.15. The van der Waals surface area contributed by atoms with Gasteiger partial charge < -0.3 is 10.1 Å². The summed E-state index contributed by atoms with van der Waals surface area (Å²) in [7, 11) is 0. The Bertz CT molecular complexity index is 243. The number of hydrogen-bond acceptors (Lipinski definition) is 2. The van der Waals surface area contributed by atoms with Crippen LogP contribution in [0.4, 0.5) is 0 Å². The van der Waals surface area contributed by atoms with Gasteiger partial charge in [-0.05, 0) is 57.4 Å². The molecule has 0 bridgehead atoms. The molecule has 5 unspecified atom stereocenters. The first kappa shape index (κ1) is 14.3. The molecule has 106 valence electrons. The molecule has 2 nitrogen and oxygen atoms in total. The molecule has 1 aliphatic heterocycles. The summed E-state index contributed by atoms with van der Waals surface area (Å²) in [6.45, 7) is 8.04. The number of ether oxygens (including phenoxy) is 1. The lowest BCUT2D eigenvalue weighted by atomic mass is 9.76. The molecule has 2 heteroatoms. The highest BCUT2D eigenvalue weighted by Crippen LogP contribution is 2.35. The van der Waals surface area contributed by atoms with Gasteiger partial charge >= 0.3 is 0 Å². The van der Waals surface area contributed by atoms with Crippen LogP contribution < -0.4 is 5.32 Å². The van der Waals surface area contributed by atoms with E-state index < -0.39 is 0 Å². The third-order valence-corrected chi connectivity index (χ3v) is 4.78. The van der Waals surface area contributed by atoms with E-state index >= 15 is 0 Å². The predicted octanol–water partition coefficient (Wildman–Crippen LogP) is 3.75. The minimum absolute atomic E-state index is 0.474. The molecule has 0 radical (unpaired) electrons. The Kier molecular flexibility index (Phi) is 5.50. The summed E-state index contributed by atoms with van der Waals surface area (Å²) in [4.78, 5) is 0. The normalized spacial score (nSPS) is 38.8. The molecule has 2 fully saturated rings. The van der Waals surface area contributed by atoms with E-state index in [0.717, 1.165) is 18.4 Å². The number of rotatable bonds is 5. The SMILES string of the molecule is CCCNC(C1CCCC(C)C1)C1CCC(C)O1. The van der Waals surface area contributed by atoms with Crippen molar-refractivity contribution in [2.45, 2.75) is 84.0 Å². The van der Waals surface area contributed by atoms with Crippen molar-refractivity contribution in [1.82, 2.24) is 5.32 Å². The van der Waals surface area contributed by atoms with Gasteiger partial charge in [-0.15, -0.1) is 0 Å². The third kappa shape index (κ3) is 3.71. The van der Waals surface area contributed by atoms with E-state index in [2.05, 4.69) is 26.1 Å². The molecule has 5 atom stereocenters. The van der Waals surface area contributed by atoms with Gasteiger partial charge in [-0.25, -0.2) is 0 Å². The Morgan fingerprint density at radius 1 is 1.17 bits per heavy atom. The molecule has 1 N–H and O–H groups in total. The number of nitrogens with one attached hydrogen (secondary N) is 1. The highest BCUT2D eigenvalue weighted by atomic mass is 16.5. The molecule has 2 rings (SSSR count). The zero-order valence-electron chi connectivity index (χ0n) is 12.5. The van der Waals surface area contributed by atoms with Crippen molar-refractivity contribution in [3.05, 3.63) is 0 Å². The molecule has 2 aliphatic rings. The number of hydrogen-bond donors (Lipinski definition) is 1. The maximum Gasteiger partial charge on any atom is 0.0735 e. The molecule has 18 heavy (non-hydrogen) atoms. The van der Waals surface area contributed by atoms with Gasteiger partial charge in [0, 0.05) is 6.04 Å². The van der Waals surface area contributed by atoms with Crippen LogP contribution in [0.1, 0.15) is 65.7 Å². The summed E-state index contributed by atoms with van der Waals surface area (Å²) in [5, 5.41) is 3.80. The van der Waals surface area contributed by atoms with E-state index in [1.54, 1.807) is 0 Å². The first-order chi connectivity index (χ1) is 8.70. The average Bonchev–Trinajstić information content (AvgIpc) is 2.76. The van der Waals surface area contributed by atoms with Crippen molar-refractivity contribution in [2.75, 3.05) is 6.54 Å². The monoisotopic (exact) mass is 253 g/mol. The summed E-state index contributed by atoms with van der Waals surface area (Å²) in [6, 6.07) is 0.609. The Labute approximate surface area is 113 Å². The Hall–Kier alpha value is -0.0800. The molecule has 0 aromatic carbocycles. The van der Waals surface area contributed by atoms with Gasteiger partial charge in [0.1, 0.15) is 0 Å². The summed E-state index contributed by atoms with van der Waals surface area (Å²) < 4.78 is 6.15. The largest absolute Gasteiger partial charge is 0.374 e. The molecule has 1 aliphatic carbocycles. The van der Waals surface area contributed by atoms with Crippen molar-refractivity contribution in [3.63, 3.8) is 0 Å². The second-order valence-corrected chi connectivity index (χ2v) is 6.57.